The highest BCUT2D eigenvalue weighted by Crippen LogP contribution is 2.17. The maximum absolute atomic E-state index is 13.0. The second-order valence-electron chi connectivity index (χ2n) is 5.00. The summed E-state index contributed by atoms with van der Waals surface area (Å²) < 4.78 is 23.1. The van der Waals surface area contributed by atoms with E-state index < -0.39 is 24.3 Å². The van der Waals surface area contributed by atoms with E-state index >= 15 is 0 Å². The molecule has 0 radical (unpaired) electrons. The summed E-state index contributed by atoms with van der Waals surface area (Å²) in [5.41, 5.74) is 1.04. The summed E-state index contributed by atoms with van der Waals surface area (Å²) >= 11 is 0. The van der Waals surface area contributed by atoms with Crippen molar-refractivity contribution in [3.63, 3.8) is 0 Å². The summed E-state index contributed by atoms with van der Waals surface area (Å²) in [6, 6.07) is 12.6. The summed E-state index contributed by atoms with van der Waals surface area (Å²) in [6.45, 7) is -0.0298. The Kier molecular flexibility index (Phi) is 6.31. The van der Waals surface area contributed by atoms with Crippen LogP contribution in [0.4, 0.5) is 4.39 Å². The summed E-state index contributed by atoms with van der Waals surface area (Å²) in [5, 5.41) is 2.65. The van der Waals surface area contributed by atoms with Gasteiger partial charge in [0.1, 0.15) is 11.6 Å². The van der Waals surface area contributed by atoms with Gasteiger partial charge in [-0.1, -0.05) is 24.3 Å². The van der Waals surface area contributed by atoms with E-state index in [0.29, 0.717) is 13.0 Å². The molecule has 0 spiro atoms. The largest absolute Gasteiger partial charge is 0.496 e. The number of hydrogen-bond donors (Lipinski definition) is 1. The van der Waals surface area contributed by atoms with Gasteiger partial charge >= 0.3 is 5.97 Å². The first kappa shape index (κ1) is 17.5. The Morgan fingerprint density at radius 1 is 1.12 bits per heavy atom. The Morgan fingerprint density at radius 2 is 1.92 bits per heavy atom. The molecular weight excluding hydrogens is 313 g/mol. The van der Waals surface area contributed by atoms with E-state index in [4.69, 9.17) is 9.47 Å². The van der Waals surface area contributed by atoms with Gasteiger partial charge in [-0.2, -0.15) is 0 Å². The maximum atomic E-state index is 13.0. The monoisotopic (exact) mass is 331 g/mol. The first-order valence-corrected chi connectivity index (χ1v) is 7.41. The minimum Gasteiger partial charge on any atom is -0.496 e. The zero-order valence-corrected chi connectivity index (χ0v) is 13.3. The molecule has 5 nitrogen and oxygen atoms in total. The van der Waals surface area contributed by atoms with Crippen molar-refractivity contribution in [2.24, 2.45) is 0 Å². The fourth-order valence-electron chi connectivity index (χ4n) is 2.13. The number of ether oxygens (including phenoxy) is 2. The standard InChI is InChI=1S/C18H18FNO4/c1-23-16-8-3-2-5-13(16)9-10-20-17(21)12-24-18(22)14-6-4-7-15(19)11-14/h2-8,11H,9-10,12H2,1H3,(H,20,21). The number of nitrogens with one attached hydrogen (secondary N) is 1. The van der Waals surface area contributed by atoms with Crippen LogP contribution in [-0.2, 0) is 16.0 Å². The Hall–Kier alpha value is -2.89. The van der Waals surface area contributed by atoms with Crippen molar-refractivity contribution >= 4 is 11.9 Å². The molecule has 0 aliphatic carbocycles. The van der Waals surface area contributed by atoms with Gasteiger partial charge in [0.15, 0.2) is 6.61 Å². The number of carbonyl (C=O) groups is 2. The summed E-state index contributed by atoms with van der Waals surface area (Å²) in [5.74, 6) is -0.945. The molecule has 2 aromatic carbocycles. The number of rotatable bonds is 7. The number of halogens is 1. The van der Waals surface area contributed by atoms with E-state index in [1.807, 2.05) is 24.3 Å². The van der Waals surface area contributed by atoms with E-state index in [0.717, 1.165) is 17.4 Å². The lowest BCUT2D eigenvalue weighted by atomic mass is 10.1. The smallest absolute Gasteiger partial charge is 0.338 e. The Balaban J connectivity index is 1.74. The van der Waals surface area contributed by atoms with Crippen molar-refractivity contribution in [3.05, 3.63) is 65.5 Å². The Morgan fingerprint density at radius 3 is 2.67 bits per heavy atom. The predicted molar refractivity (Wildman–Crippen MR) is 86.4 cm³/mol. The number of methoxy groups -OCH3 is 1. The molecule has 0 bridgehead atoms. The second kappa shape index (κ2) is 8.67. The summed E-state index contributed by atoms with van der Waals surface area (Å²) in [7, 11) is 1.59. The average molecular weight is 331 g/mol. The lowest BCUT2D eigenvalue weighted by Crippen LogP contribution is -2.30. The van der Waals surface area contributed by atoms with Gasteiger partial charge in [-0.05, 0) is 36.2 Å². The number of amides is 1. The normalized spacial score (nSPS) is 10.1. The van der Waals surface area contributed by atoms with Crippen LogP contribution in [-0.4, -0.2) is 32.1 Å². The van der Waals surface area contributed by atoms with E-state index in [1.54, 1.807) is 7.11 Å². The van der Waals surface area contributed by atoms with Crippen LogP contribution in [0, 0.1) is 5.82 Å². The molecule has 0 heterocycles. The van der Waals surface area contributed by atoms with E-state index in [9.17, 15) is 14.0 Å². The van der Waals surface area contributed by atoms with Crippen molar-refractivity contribution in [3.8, 4) is 5.75 Å². The Bertz CT molecular complexity index is 718. The molecule has 0 unspecified atom stereocenters. The molecule has 6 heteroatoms. The number of para-hydroxylation sites is 1. The van der Waals surface area contributed by atoms with E-state index in [2.05, 4.69) is 5.32 Å². The van der Waals surface area contributed by atoms with Crippen molar-refractivity contribution < 1.29 is 23.5 Å². The van der Waals surface area contributed by atoms with Crippen LogP contribution in [0.5, 0.6) is 5.75 Å². The third-order valence-electron chi connectivity index (χ3n) is 3.30. The first-order chi connectivity index (χ1) is 11.6. The van der Waals surface area contributed by atoms with Crippen LogP contribution in [0.25, 0.3) is 0 Å². The van der Waals surface area contributed by atoms with Crippen molar-refractivity contribution in [2.75, 3.05) is 20.3 Å². The molecule has 0 saturated heterocycles. The van der Waals surface area contributed by atoms with Gasteiger partial charge < -0.3 is 14.8 Å². The molecule has 0 aliphatic rings. The topological polar surface area (TPSA) is 64.6 Å². The second-order valence-corrected chi connectivity index (χ2v) is 5.00. The van der Waals surface area contributed by atoms with Gasteiger partial charge in [-0.15, -0.1) is 0 Å². The van der Waals surface area contributed by atoms with E-state index in [-0.39, 0.29) is 5.56 Å². The predicted octanol–water partition coefficient (Wildman–Crippen LogP) is 2.35. The van der Waals surface area contributed by atoms with E-state index in [1.165, 1.54) is 18.2 Å². The first-order valence-electron chi connectivity index (χ1n) is 7.41. The molecule has 1 amide bonds. The molecule has 0 fully saturated rings. The van der Waals surface area contributed by atoms with Gasteiger partial charge in [0.05, 0.1) is 12.7 Å². The van der Waals surface area contributed by atoms with Gasteiger partial charge in [0.25, 0.3) is 5.91 Å². The lowest BCUT2D eigenvalue weighted by Gasteiger charge is -2.09. The molecular formula is C18H18FNO4. The molecule has 2 rings (SSSR count). The third-order valence-corrected chi connectivity index (χ3v) is 3.30. The molecule has 2 aromatic rings. The van der Waals surface area contributed by atoms with Gasteiger partial charge in [-0.3, -0.25) is 4.79 Å². The molecule has 126 valence electrons. The highest BCUT2D eigenvalue weighted by Gasteiger charge is 2.11. The van der Waals surface area contributed by atoms with Crippen LogP contribution in [0.15, 0.2) is 48.5 Å². The van der Waals surface area contributed by atoms with Crippen LogP contribution >= 0.6 is 0 Å². The zero-order valence-electron chi connectivity index (χ0n) is 13.3. The number of benzene rings is 2. The fourth-order valence-corrected chi connectivity index (χ4v) is 2.13. The van der Waals surface area contributed by atoms with Gasteiger partial charge in [0, 0.05) is 6.54 Å². The molecule has 24 heavy (non-hydrogen) atoms. The third kappa shape index (κ3) is 5.08. The fraction of sp³-hybridized carbons (Fsp3) is 0.222. The average Bonchev–Trinajstić information content (AvgIpc) is 2.60. The highest BCUT2D eigenvalue weighted by atomic mass is 19.1. The minimum atomic E-state index is -0.741. The highest BCUT2D eigenvalue weighted by molar-refractivity contribution is 5.91. The quantitative estimate of drug-likeness (QED) is 0.791. The van der Waals surface area contributed by atoms with Crippen molar-refractivity contribution in [1.29, 1.82) is 0 Å². The molecule has 0 atom stereocenters. The Labute approximate surface area is 139 Å². The van der Waals surface area contributed by atoms with Crippen molar-refractivity contribution in [1.82, 2.24) is 5.32 Å². The molecule has 1 N–H and O–H groups in total. The minimum absolute atomic E-state index is 0.0665. The molecule has 0 aliphatic heterocycles. The number of esters is 1. The van der Waals surface area contributed by atoms with Crippen LogP contribution in [0.1, 0.15) is 15.9 Å². The van der Waals surface area contributed by atoms with Crippen LogP contribution in [0.2, 0.25) is 0 Å². The molecule has 0 aromatic heterocycles. The van der Waals surface area contributed by atoms with Gasteiger partial charge in [0.2, 0.25) is 0 Å². The zero-order chi connectivity index (χ0) is 17.4. The van der Waals surface area contributed by atoms with Crippen molar-refractivity contribution in [2.45, 2.75) is 6.42 Å². The SMILES string of the molecule is COc1ccccc1CCNC(=O)COC(=O)c1cccc(F)c1. The van der Waals surface area contributed by atoms with Crippen LogP contribution in [0.3, 0.4) is 0 Å². The molecule has 0 saturated carbocycles. The lowest BCUT2D eigenvalue weighted by molar-refractivity contribution is -0.124. The van der Waals surface area contributed by atoms with Crippen LogP contribution < -0.4 is 10.1 Å². The number of hydrogen-bond acceptors (Lipinski definition) is 4. The maximum Gasteiger partial charge on any atom is 0.338 e. The summed E-state index contributed by atoms with van der Waals surface area (Å²) in [4.78, 5) is 23.4. The number of carbonyl (C=O) groups excluding carboxylic acids is 2. The summed E-state index contributed by atoms with van der Waals surface area (Å²) in [6.07, 6.45) is 0.591. The van der Waals surface area contributed by atoms with Gasteiger partial charge in [-0.25, -0.2) is 9.18 Å².